The first-order chi connectivity index (χ1) is 4.79. The molecule has 1 aliphatic rings. The zero-order valence-corrected chi connectivity index (χ0v) is 6.68. The molecular formula is C8H15NO. The Balaban J connectivity index is 2.30. The van der Waals surface area contributed by atoms with E-state index < -0.39 is 0 Å². The number of rotatable bonds is 3. The minimum absolute atomic E-state index is 0.251. The van der Waals surface area contributed by atoms with Crippen LogP contribution in [0.15, 0.2) is 0 Å². The first-order valence-corrected chi connectivity index (χ1v) is 4.10. The van der Waals surface area contributed by atoms with Crippen molar-refractivity contribution in [3.05, 3.63) is 0 Å². The Bertz CT molecular complexity index is 133. The largest absolute Gasteiger partial charge is 0.352 e. The average Bonchev–Trinajstić information content (AvgIpc) is 1.88. The van der Waals surface area contributed by atoms with Crippen LogP contribution in [-0.2, 0) is 4.79 Å². The summed E-state index contributed by atoms with van der Waals surface area (Å²) in [4.78, 5) is 10.8. The zero-order valence-electron chi connectivity index (χ0n) is 6.68. The lowest BCUT2D eigenvalue weighted by atomic mass is 9.85. The lowest BCUT2D eigenvalue weighted by Crippen LogP contribution is -2.57. The van der Waals surface area contributed by atoms with Gasteiger partial charge >= 0.3 is 0 Å². The smallest absolute Gasteiger partial charge is 0.225 e. The lowest BCUT2D eigenvalue weighted by molar-refractivity contribution is -0.135. The maximum atomic E-state index is 10.8. The zero-order chi connectivity index (χ0) is 7.56. The van der Waals surface area contributed by atoms with Crippen LogP contribution < -0.4 is 5.32 Å². The molecule has 0 saturated carbocycles. The SMILES string of the molecule is CCC[C@@H]1NC(=O)[C@@H]1CC. The summed E-state index contributed by atoms with van der Waals surface area (Å²) in [5.41, 5.74) is 0. The highest BCUT2D eigenvalue weighted by atomic mass is 16.2. The molecule has 0 aliphatic carbocycles. The molecule has 2 atom stereocenters. The molecule has 1 aliphatic heterocycles. The van der Waals surface area contributed by atoms with Crippen LogP contribution in [0.1, 0.15) is 33.1 Å². The Morgan fingerprint density at radius 3 is 2.60 bits per heavy atom. The van der Waals surface area contributed by atoms with Gasteiger partial charge in [0.25, 0.3) is 0 Å². The molecule has 0 bridgehead atoms. The standard InChI is InChI=1S/C8H15NO/c1-3-5-7-6(4-2)8(10)9-7/h6-7H,3-5H2,1-2H3,(H,9,10)/t6-,7+/m1/s1. The van der Waals surface area contributed by atoms with Crippen molar-refractivity contribution in [3.8, 4) is 0 Å². The lowest BCUT2D eigenvalue weighted by Gasteiger charge is -2.36. The van der Waals surface area contributed by atoms with E-state index in [1.807, 2.05) is 0 Å². The van der Waals surface area contributed by atoms with Gasteiger partial charge in [-0.1, -0.05) is 20.3 Å². The van der Waals surface area contributed by atoms with Gasteiger partial charge in [0.2, 0.25) is 5.91 Å². The summed E-state index contributed by atoms with van der Waals surface area (Å²) in [6.07, 6.45) is 3.31. The topological polar surface area (TPSA) is 29.1 Å². The number of carbonyl (C=O) groups is 1. The van der Waals surface area contributed by atoms with Crippen LogP contribution in [0.25, 0.3) is 0 Å². The van der Waals surface area contributed by atoms with Crippen LogP contribution in [-0.4, -0.2) is 11.9 Å². The molecule has 58 valence electrons. The van der Waals surface area contributed by atoms with Gasteiger partial charge in [0, 0.05) is 6.04 Å². The van der Waals surface area contributed by atoms with Crippen molar-refractivity contribution in [3.63, 3.8) is 0 Å². The minimum atomic E-state index is 0.251. The van der Waals surface area contributed by atoms with Gasteiger partial charge in [0.1, 0.15) is 0 Å². The van der Waals surface area contributed by atoms with Gasteiger partial charge in [0.05, 0.1) is 5.92 Å². The summed E-state index contributed by atoms with van der Waals surface area (Å²) in [5.74, 6) is 0.570. The Morgan fingerprint density at radius 1 is 1.50 bits per heavy atom. The molecule has 0 unspecified atom stereocenters. The van der Waals surface area contributed by atoms with Crippen LogP contribution >= 0.6 is 0 Å². The number of amides is 1. The summed E-state index contributed by atoms with van der Waals surface area (Å²) in [6.45, 7) is 4.23. The monoisotopic (exact) mass is 141 g/mol. The van der Waals surface area contributed by atoms with Gasteiger partial charge in [-0.2, -0.15) is 0 Å². The van der Waals surface area contributed by atoms with Crippen molar-refractivity contribution in [2.45, 2.75) is 39.2 Å². The number of hydrogen-bond acceptors (Lipinski definition) is 1. The van der Waals surface area contributed by atoms with E-state index in [0.717, 1.165) is 12.8 Å². The van der Waals surface area contributed by atoms with Gasteiger partial charge in [-0.05, 0) is 12.8 Å². The van der Waals surface area contributed by atoms with Gasteiger partial charge in [-0.15, -0.1) is 0 Å². The maximum absolute atomic E-state index is 10.8. The molecule has 0 aromatic rings. The third-order valence-electron chi connectivity index (χ3n) is 2.19. The van der Waals surface area contributed by atoms with E-state index >= 15 is 0 Å². The molecule has 1 heterocycles. The van der Waals surface area contributed by atoms with E-state index in [2.05, 4.69) is 19.2 Å². The van der Waals surface area contributed by atoms with Gasteiger partial charge in [0.15, 0.2) is 0 Å². The maximum Gasteiger partial charge on any atom is 0.225 e. The summed E-state index contributed by atoms with van der Waals surface area (Å²) < 4.78 is 0. The van der Waals surface area contributed by atoms with Gasteiger partial charge in [-0.3, -0.25) is 4.79 Å². The number of β-lactam (4-membered cyclic amide) rings is 1. The highest BCUT2D eigenvalue weighted by Gasteiger charge is 2.36. The Morgan fingerprint density at radius 2 is 2.20 bits per heavy atom. The second kappa shape index (κ2) is 3.04. The van der Waals surface area contributed by atoms with Crippen molar-refractivity contribution in [1.82, 2.24) is 5.32 Å². The fraction of sp³-hybridized carbons (Fsp3) is 0.875. The van der Waals surface area contributed by atoms with Crippen LogP contribution in [0.3, 0.4) is 0 Å². The van der Waals surface area contributed by atoms with Crippen LogP contribution in [0.5, 0.6) is 0 Å². The highest BCUT2D eigenvalue weighted by Crippen LogP contribution is 2.21. The quantitative estimate of drug-likeness (QED) is 0.590. The molecule has 0 aromatic heterocycles. The predicted molar refractivity (Wildman–Crippen MR) is 40.6 cm³/mol. The average molecular weight is 141 g/mol. The molecule has 1 rings (SSSR count). The molecule has 2 heteroatoms. The molecule has 10 heavy (non-hydrogen) atoms. The van der Waals surface area contributed by atoms with E-state index in [0.29, 0.717) is 12.0 Å². The van der Waals surface area contributed by atoms with E-state index in [1.165, 1.54) is 6.42 Å². The predicted octanol–water partition coefficient (Wildman–Crippen LogP) is 1.31. The van der Waals surface area contributed by atoms with Crippen molar-refractivity contribution >= 4 is 5.91 Å². The number of nitrogens with one attached hydrogen (secondary N) is 1. The Labute approximate surface area is 62.0 Å². The molecule has 2 nitrogen and oxygen atoms in total. The van der Waals surface area contributed by atoms with Crippen LogP contribution in [0, 0.1) is 5.92 Å². The van der Waals surface area contributed by atoms with Crippen LogP contribution in [0.2, 0.25) is 0 Å². The van der Waals surface area contributed by atoms with Crippen molar-refractivity contribution in [2.75, 3.05) is 0 Å². The second-order valence-electron chi connectivity index (χ2n) is 2.92. The van der Waals surface area contributed by atoms with Gasteiger partial charge < -0.3 is 5.32 Å². The summed E-state index contributed by atoms with van der Waals surface area (Å²) in [6, 6.07) is 0.488. The highest BCUT2D eigenvalue weighted by molar-refractivity contribution is 5.85. The normalized spacial score (nSPS) is 31.2. The fourth-order valence-corrected chi connectivity index (χ4v) is 1.53. The van der Waals surface area contributed by atoms with Crippen molar-refractivity contribution in [1.29, 1.82) is 0 Å². The molecule has 1 amide bonds. The fourth-order valence-electron chi connectivity index (χ4n) is 1.53. The van der Waals surface area contributed by atoms with E-state index in [-0.39, 0.29) is 5.91 Å². The van der Waals surface area contributed by atoms with Crippen molar-refractivity contribution < 1.29 is 4.79 Å². The number of hydrogen-bond donors (Lipinski definition) is 1. The first kappa shape index (κ1) is 7.58. The Kier molecular flexibility index (Phi) is 2.30. The summed E-state index contributed by atoms with van der Waals surface area (Å²) in [5, 5.41) is 2.91. The van der Waals surface area contributed by atoms with E-state index in [1.54, 1.807) is 0 Å². The number of carbonyl (C=O) groups excluding carboxylic acids is 1. The summed E-state index contributed by atoms with van der Waals surface area (Å²) in [7, 11) is 0. The van der Waals surface area contributed by atoms with E-state index in [9.17, 15) is 4.79 Å². The van der Waals surface area contributed by atoms with Crippen LogP contribution in [0.4, 0.5) is 0 Å². The second-order valence-corrected chi connectivity index (χ2v) is 2.92. The molecule has 1 saturated heterocycles. The molecule has 1 N–H and O–H groups in total. The molecule has 0 radical (unpaired) electrons. The first-order valence-electron chi connectivity index (χ1n) is 4.10. The van der Waals surface area contributed by atoms with Crippen molar-refractivity contribution in [2.24, 2.45) is 5.92 Å². The molecule has 1 fully saturated rings. The molecule has 0 spiro atoms. The molecular weight excluding hydrogens is 126 g/mol. The minimum Gasteiger partial charge on any atom is -0.352 e. The Hall–Kier alpha value is -0.530. The van der Waals surface area contributed by atoms with Gasteiger partial charge in [-0.25, -0.2) is 0 Å². The molecule has 0 aromatic carbocycles. The third kappa shape index (κ3) is 1.15. The third-order valence-corrected chi connectivity index (χ3v) is 2.19. The van der Waals surface area contributed by atoms with E-state index in [4.69, 9.17) is 0 Å². The summed E-state index contributed by atoms with van der Waals surface area (Å²) >= 11 is 0.